The Bertz CT molecular complexity index is 535. The Hall–Kier alpha value is -0.100. The molecule has 0 aromatic heterocycles. The number of rotatable bonds is 5. The van der Waals surface area contributed by atoms with E-state index in [1.54, 1.807) is 0 Å². The van der Waals surface area contributed by atoms with Gasteiger partial charge in [0.25, 0.3) is 6.34 Å². The Labute approximate surface area is 141 Å². The summed E-state index contributed by atoms with van der Waals surface area (Å²) in [6.07, 6.45) is -5.06. The zero-order valence-electron chi connectivity index (χ0n) is 13.3. The minimum Gasteiger partial charge on any atom is -0.367 e. The van der Waals surface area contributed by atoms with Crippen LogP contribution in [0.2, 0.25) is 0 Å². The topological polar surface area (TPSA) is 124 Å². The van der Waals surface area contributed by atoms with Crippen molar-refractivity contribution in [2.45, 2.75) is 18.0 Å². The van der Waals surface area contributed by atoms with Crippen molar-refractivity contribution in [3.05, 3.63) is 0 Å². The number of morpholine rings is 3. The SMILES string of the molecule is O=P(C1CNCCO1)(C1CNCCO1)S(=O)(=O)OC1CNCCO1. The molecule has 0 bridgehead atoms. The summed E-state index contributed by atoms with van der Waals surface area (Å²) in [5.74, 6) is -2.00. The van der Waals surface area contributed by atoms with E-state index in [1.165, 1.54) is 0 Å². The first-order valence-electron chi connectivity index (χ1n) is 8.04. The van der Waals surface area contributed by atoms with Crippen molar-refractivity contribution >= 4 is 16.1 Å². The first kappa shape index (κ1) is 18.7. The van der Waals surface area contributed by atoms with Gasteiger partial charge in [0.1, 0.15) is 11.7 Å². The zero-order valence-corrected chi connectivity index (χ0v) is 15.0. The summed E-state index contributed by atoms with van der Waals surface area (Å²) >= 11 is 0. The van der Waals surface area contributed by atoms with Crippen LogP contribution in [0.25, 0.3) is 0 Å². The van der Waals surface area contributed by atoms with E-state index >= 15 is 0 Å². The van der Waals surface area contributed by atoms with E-state index in [1.807, 2.05) is 0 Å². The molecule has 3 heterocycles. The monoisotopic (exact) mass is 385 g/mol. The Morgan fingerprint density at radius 3 is 1.75 bits per heavy atom. The normalized spacial score (nSPS) is 35.2. The van der Waals surface area contributed by atoms with E-state index in [-0.39, 0.29) is 32.8 Å². The highest BCUT2D eigenvalue weighted by atomic mass is 32.8. The average Bonchev–Trinajstić information content (AvgIpc) is 2.63. The molecule has 3 aliphatic heterocycles. The summed E-state index contributed by atoms with van der Waals surface area (Å²) in [6, 6.07) is 0. The highest BCUT2D eigenvalue weighted by molar-refractivity contribution is 8.50. The van der Waals surface area contributed by atoms with E-state index in [2.05, 4.69) is 16.0 Å². The summed E-state index contributed by atoms with van der Waals surface area (Å²) in [5, 5.41) is 9.01. The zero-order chi connectivity index (χ0) is 17.0. The van der Waals surface area contributed by atoms with Crippen LogP contribution in [0.1, 0.15) is 0 Å². The number of hydrogen-bond donors (Lipinski definition) is 3. The van der Waals surface area contributed by atoms with E-state index in [0.29, 0.717) is 26.2 Å². The summed E-state index contributed by atoms with van der Waals surface area (Å²) in [6.45, 7) is 3.22. The molecule has 0 spiro atoms. The third kappa shape index (κ3) is 3.84. The van der Waals surface area contributed by atoms with Crippen LogP contribution in [0, 0.1) is 0 Å². The molecule has 3 fully saturated rings. The van der Waals surface area contributed by atoms with Crippen molar-refractivity contribution in [1.29, 1.82) is 0 Å². The largest absolute Gasteiger partial charge is 0.367 e. The Morgan fingerprint density at radius 1 is 0.833 bits per heavy atom. The number of hydrogen-bond acceptors (Lipinski definition) is 10. The van der Waals surface area contributed by atoms with Crippen molar-refractivity contribution < 1.29 is 31.4 Å². The molecule has 0 saturated carbocycles. The number of nitrogens with one attached hydrogen (secondary N) is 3. The predicted molar refractivity (Wildman–Crippen MR) is 85.4 cm³/mol. The molecular weight excluding hydrogens is 361 g/mol. The second-order valence-electron chi connectivity index (χ2n) is 5.73. The molecule has 0 amide bonds. The quantitative estimate of drug-likeness (QED) is 0.479. The lowest BCUT2D eigenvalue weighted by Gasteiger charge is -2.37. The molecule has 3 aliphatic rings. The van der Waals surface area contributed by atoms with Crippen LogP contribution in [0.4, 0.5) is 0 Å². The van der Waals surface area contributed by atoms with Crippen LogP contribution in [0.15, 0.2) is 0 Å². The van der Waals surface area contributed by atoms with Crippen LogP contribution in [-0.4, -0.2) is 85.5 Å². The van der Waals surface area contributed by atoms with Gasteiger partial charge in [-0.05, 0) is 0 Å². The van der Waals surface area contributed by atoms with Crippen molar-refractivity contribution in [3.63, 3.8) is 0 Å². The van der Waals surface area contributed by atoms with Crippen molar-refractivity contribution in [1.82, 2.24) is 16.0 Å². The third-order valence-electron chi connectivity index (χ3n) is 4.09. The first-order valence-corrected chi connectivity index (χ1v) is 11.9. The highest BCUT2D eigenvalue weighted by Gasteiger charge is 2.55. The van der Waals surface area contributed by atoms with Gasteiger partial charge in [-0.15, -0.1) is 0 Å². The van der Waals surface area contributed by atoms with Gasteiger partial charge in [0, 0.05) is 39.3 Å². The van der Waals surface area contributed by atoms with Gasteiger partial charge < -0.3 is 30.2 Å². The van der Waals surface area contributed by atoms with Crippen LogP contribution >= 0.6 is 6.34 Å². The molecule has 3 saturated heterocycles. The van der Waals surface area contributed by atoms with Gasteiger partial charge in [0.2, 0.25) is 0 Å². The summed E-state index contributed by atoms with van der Waals surface area (Å²) in [7, 11) is -4.46. The lowest BCUT2D eigenvalue weighted by Crippen LogP contribution is -2.48. The molecular formula is C12H24N3O7PS. The number of ether oxygens (including phenoxy) is 3. The Kier molecular flexibility index (Phi) is 6.28. The maximum atomic E-state index is 13.7. The van der Waals surface area contributed by atoms with Gasteiger partial charge in [-0.2, -0.15) is 8.42 Å². The lowest BCUT2D eigenvalue weighted by molar-refractivity contribution is -0.0900. The molecule has 0 aromatic rings. The van der Waals surface area contributed by atoms with E-state index in [0.717, 1.165) is 0 Å². The standard InChI is InChI=1S/C12H24N3O7PS/c16-23(11-8-14-2-5-20-11,12-9-15-3-6-21-12)24(17,18)22-10-7-13-1-4-19-10/h10-15H,1-9H2. The Balaban J connectivity index is 1.85. The minimum absolute atomic E-state index is 0.170. The van der Waals surface area contributed by atoms with E-state index < -0.39 is 34.1 Å². The predicted octanol–water partition coefficient (Wildman–Crippen LogP) is -1.55. The van der Waals surface area contributed by atoms with Gasteiger partial charge in [-0.25, -0.2) is 4.18 Å². The van der Waals surface area contributed by atoms with Gasteiger partial charge in [-0.1, -0.05) is 0 Å². The maximum absolute atomic E-state index is 13.7. The molecule has 3 unspecified atom stereocenters. The second kappa shape index (κ2) is 8.07. The van der Waals surface area contributed by atoms with Crippen LogP contribution in [0.3, 0.4) is 0 Å². The van der Waals surface area contributed by atoms with Gasteiger partial charge >= 0.3 is 9.74 Å². The van der Waals surface area contributed by atoms with Crippen LogP contribution in [-0.2, 0) is 32.7 Å². The molecule has 24 heavy (non-hydrogen) atoms. The molecule has 3 atom stereocenters. The second-order valence-corrected chi connectivity index (χ2v) is 12.3. The first-order chi connectivity index (χ1) is 11.5. The molecule has 3 rings (SSSR count). The van der Waals surface area contributed by atoms with Crippen molar-refractivity contribution in [2.75, 3.05) is 59.1 Å². The lowest BCUT2D eigenvalue weighted by atomic mass is 10.5. The molecule has 0 aromatic carbocycles. The molecule has 3 N–H and O–H groups in total. The van der Waals surface area contributed by atoms with Gasteiger partial charge in [0.05, 0.1) is 19.8 Å². The summed E-state index contributed by atoms with van der Waals surface area (Å²) < 4.78 is 61.0. The highest BCUT2D eigenvalue weighted by Crippen LogP contribution is 2.62. The minimum atomic E-state index is -4.46. The van der Waals surface area contributed by atoms with Gasteiger partial charge in [0.15, 0.2) is 6.29 Å². The average molecular weight is 385 g/mol. The molecule has 140 valence electrons. The molecule has 0 radical (unpaired) electrons. The van der Waals surface area contributed by atoms with Crippen molar-refractivity contribution in [2.24, 2.45) is 0 Å². The molecule has 0 aliphatic carbocycles. The van der Waals surface area contributed by atoms with Crippen LogP contribution < -0.4 is 16.0 Å². The maximum Gasteiger partial charge on any atom is 0.326 e. The fourth-order valence-corrected chi connectivity index (χ4v) is 8.95. The van der Waals surface area contributed by atoms with E-state index in [4.69, 9.17) is 18.4 Å². The van der Waals surface area contributed by atoms with Crippen molar-refractivity contribution in [3.8, 4) is 0 Å². The van der Waals surface area contributed by atoms with E-state index in [9.17, 15) is 13.0 Å². The smallest absolute Gasteiger partial charge is 0.326 e. The fourth-order valence-electron chi connectivity index (χ4n) is 2.84. The van der Waals surface area contributed by atoms with Gasteiger partial charge in [-0.3, -0.25) is 4.57 Å². The third-order valence-corrected chi connectivity index (χ3v) is 11.3. The summed E-state index contributed by atoms with van der Waals surface area (Å²) in [5.41, 5.74) is 0. The van der Waals surface area contributed by atoms with Crippen LogP contribution in [0.5, 0.6) is 0 Å². The molecule has 12 heteroatoms. The summed E-state index contributed by atoms with van der Waals surface area (Å²) in [4.78, 5) is 0. The Morgan fingerprint density at radius 2 is 1.33 bits per heavy atom. The molecule has 10 nitrogen and oxygen atoms in total. The fraction of sp³-hybridized carbons (Fsp3) is 1.00.